The third-order valence-electron chi connectivity index (χ3n) is 1.85. The first-order valence-corrected chi connectivity index (χ1v) is 7.38. The third-order valence-corrected chi connectivity index (χ3v) is 4.17. The lowest BCUT2D eigenvalue weighted by molar-refractivity contribution is 0.314. The molecule has 1 atom stereocenters. The fraction of sp³-hybridized carbons (Fsp3) is 0.400. The molecule has 0 fully saturated rings. The van der Waals surface area contributed by atoms with Crippen molar-refractivity contribution < 1.29 is 13.8 Å². The van der Waals surface area contributed by atoms with Gasteiger partial charge in [-0.1, -0.05) is 18.2 Å². The fourth-order valence-corrected chi connectivity index (χ4v) is 2.10. The van der Waals surface area contributed by atoms with Crippen molar-refractivity contribution in [3.8, 4) is 5.75 Å². The maximum Gasteiger partial charge on any atom is 0.290 e. The molecule has 15 heavy (non-hydrogen) atoms. The Morgan fingerprint density at radius 2 is 2.00 bits per heavy atom. The highest BCUT2D eigenvalue weighted by Gasteiger charge is 2.15. The summed E-state index contributed by atoms with van der Waals surface area (Å²) < 4.78 is 21.3. The van der Waals surface area contributed by atoms with Crippen LogP contribution in [0.25, 0.3) is 0 Å². The smallest absolute Gasteiger partial charge is 0.290 e. The number of benzene rings is 1. The van der Waals surface area contributed by atoms with Gasteiger partial charge in [0.15, 0.2) is 0 Å². The Hall–Kier alpha value is -0.500. The first-order chi connectivity index (χ1) is 7.14. The maximum atomic E-state index is 11.3. The van der Waals surface area contributed by atoms with Crippen LogP contribution in [0.2, 0.25) is 0 Å². The number of halogens is 1. The molecule has 0 spiro atoms. The van der Waals surface area contributed by atoms with Gasteiger partial charge < -0.3 is 9.26 Å². The second kappa shape index (κ2) is 6.16. The second-order valence-corrected chi connectivity index (χ2v) is 6.55. The molecule has 0 aliphatic carbocycles. The van der Waals surface area contributed by atoms with Gasteiger partial charge in [-0.3, -0.25) is 4.57 Å². The van der Waals surface area contributed by atoms with Crippen LogP contribution in [0.3, 0.4) is 0 Å². The van der Waals surface area contributed by atoms with E-state index in [0.717, 1.165) is 5.75 Å². The van der Waals surface area contributed by atoms with E-state index in [4.69, 9.17) is 16.0 Å². The summed E-state index contributed by atoms with van der Waals surface area (Å²) in [6.07, 6.45) is 0.946. The van der Waals surface area contributed by atoms with Crippen LogP contribution in [0.15, 0.2) is 30.3 Å². The predicted molar refractivity (Wildman–Crippen MR) is 61.9 cm³/mol. The molecule has 0 bridgehead atoms. The van der Waals surface area contributed by atoms with Crippen LogP contribution in [0.1, 0.15) is 6.42 Å². The standard InChI is InChI=1S/C10H14ClO3P/c1-13-15(11,12)9-5-8-14-10-6-3-2-4-7-10/h2-4,6-7H,5,8-9H2,1H3. The molecule has 5 heteroatoms. The topological polar surface area (TPSA) is 35.5 Å². The largest absolute Gasteiger partial charge is 0.494 e. The highest BCUT2D eigenvalue weighted by Crippen LogP contribution is 2.51. The number of para-hydroxylation sites is 1. The monoisotopic (exact) mass is 248 g/mol. The van der Waals surface area contributed by atoms with Crippen LogP contribution in [0, 0.1) is 0 Å². The number of rotatable bonds is 6. The maximum absolute atomic E-state index is 11.3. The summed E-state index contributed by atoms with van der Waals surface area (Å²) in [6.45, 7) is -2.41. The molecule has 3 nitrogen and oxygen atoms in total. The molecule has 0 saturated carbocycles. The van der Waals surface area contributed by atoms with Crippen molar-refractivity contribution in [2.75, 3.05) is 19.9 Å². The van der Waals surface area contributed by atoms with E-state index in [1.807, 2.05) is 30.3 Å². The molecular weight excluding hydrogens is 235 g/mol. The zero-order valence-corrected chi connectivity index (χ0v) is 10.2. The summed E-state index contributed by atoms with van der Waals surface area (Å²) in [6, 6.07) is 9.46. The van der Waals surface area contributed by atoms with Crippen molar-refractivity contribution >= 4 is 18.0 Å². The first-order valence-electron chi connectivity index (χ1n) is 4.66. The zero-order valence-electron chi connectivity index (χ0n) is 8.56. The normalized spacial score (nSPS) is 14.5. The van der Waals surface area contributed by atoms with Crippen LogP contribution < -0.4 is 4.74 Å². The van der Waals surface area contributed by atoms with E-state index in [0.29, 0.717) is 19.2 Å². The number of hydrogen-bond donors (Lipinski definition) is 0. The third kappa shape index (κ3) is 5.22. The number of hydrogen-bond acceptors (Lipinski definition) is 3. The summed E-state index contributed by atoms with van der Waals surface area (Å²) in [5, 5.41) is 0. The van der Waals surface area contributed by atoms with Gasteiger partial charge in [0.25, 0.3) is 6.72 Å². The van der Waals surface area contributed by atoms with Crippen LogP contribution in [-0.4, -0.2) is 19.9 Å². The van der Waals surface area contributed by atoms with Crippen LogP contribution in [0.5, 0.6) is 5.75 Å². The van der Waals surface area contributed by atoms with E-state index in [-0.39, 0.29) is 0 Å². The molecular formula is C10H14ClO3P. The van der Waals surface area contributed by atoms with Crippen molar-refractivity contribution in [3.63, 3.8) is 0 Å². The molecule has 0 N–H and O–H groups in total. The van der Waals surface area contributed by atoms with E-state index in [1.54, 1.807) is 0 Å². The minimum atomic E-state index is -2.90. The Kier molecular flexibility index (Phi) is 5.16. The van der Waals surface area contributed by atoms with Crippen molar-refractivity contribution in [1.29, 1.82) is 0 Å². The Morgan fingerprint density at radius 1 is 1.33 bits per heavy atom. The summed E-state index contributed by atoms with van der Waals surface area (Å²) in [5.74, 6) is 0.805. The molecule has 84 valence electrons. The van der Waals surface area contributed by atoms with Gasteiger partial charge in [0.1, 0.15) is 5.75 Å². The van der Waals surface area contributed by atoms with E-state index in [1.165, 1.54) is 7.11 Å². The Balaban J connectivity index is 2.21. The molecule has 0 heterocycles. The average Bonchev–Trinajstić information content (AvgIpc) is 2.26. The SMILES string of the molecule is COP(=O)(Cl)CCCOc1ccccc1. The molecule has 0 aliphatic rings. The lowest BCUT2D eigenvalue weighted by Gasteiger charge is -2.08. The van der Waals surface area contributed by atoms with Gasteiger partial charge >= 0.3 is 0 Å². The van der Waals surface area contributed by atoms with Crippen LogP contribution in [0.4, 0.5) is 0 Å². The molecule has 0 saturated heterocycles. The Bertz CT molecular complexity index is 329. The Morgan fingerprint density at radius 3 is 2.60 bits per heavy atom. The lowest BCUT2D eigenvalue weighted by Crippen LogP contribution is -1.99. The summed E-state index contributed by atoms with van der Waals surface area (Å²) in [7, 11) is 1.35. The summed E-state index contributed by atoms with van der Waals surface area (Å²) >= 11 is 5.58. The highest BCUT2D eigenvalue weighted by molar-refractivity contribution is 7.85. The summed E-state index contributed by atoms with van der Waals surface area (Å²) in [4.78, 5) is 0. The molecule has 0 radical (unpaired) electrons. The zero-order chi connectivity index (χ0) is 11.1. The fourth-order valence-electron chi connectivity index (χ4n) is 1.05. The predicted octanol–water partition coefficient (Wildman–Crippen LogP) is 3.53. The highest BCUT2D eigenvalue weighted by atomic mass is 35.7. The minimum absolute atomic E-state index is 0.331. The molecule has 0 amide bonds. The molecule has 0 aromatic heterocycles. The first kappa shape index (κ1) is 12.6. The summed E-state index contributed by atoms with van der Waals surface area (Å²) in [5.41, 5.74) is 0. The van der Waals surface area contributed by atoms with Gasteiger partial charge in [-0.05, 0) is 29.8 Å². The van der Waals surface area contributed by atoms with Gasteiger partial charge in [0.05, 0.1) is 6.61 Å². The van der Waals surface area contributed by atoms with E-state index in [2.05, 4.69) is 4.52 Å². The lowest BCUT2D eigenvalue weighted by atomic mass is 10.3. The van der Waals surface area contributed by atoms with E-state index < -0.39 is 6.72 Å². The molecule has 1 rings (SSSR count). The van der Waals surface area contributed by atoms with Crippen molar-refractivity contribution in [2.24, 2.45) is 0 Å². The average molecular weight is 249 g/mol. The van der Waals surface area contributed by atoms with Crippen molar-refractivity contribution in [2.45, 2.75) is 6.42 Å². The van der Waals surface area contributed by atoms with Gasteiger partial charge in [-0.15, -0.1) is 0 Å². The van der Waals surface area contributed by atoms with E-state index >= 15 is 0 Å². The molecule has 1 unspecified atom stereocenters. The minimum Gasteiger partial charge on any atom is -0.494 e. The van der Waals surface area contributed by atoms with Gasteiger partial charge in [-0.25, -0.2) is 0 Å². The quantitative estimate of drug-likeness (QED) is 0.571. The van der Waals surface area contributed by atoms with Gasteiger partial charge in [0, 0.05) is 13.3 Å². The van der Waals surface area contributed by atoms with E-state index in [9.17, 15) is 4.57 Å². The second-order valence-electron chi connectivity index (χ2n) is 3.01. The number of ether oxygens (including phenoxy) is 1. The van der Waals surface area contributed by atoms with Crippen molar-refractivity contribution in [1.82, 2.24) is 0 Å². The molecule has 1 aromatic rings. The molecule has 0 aliphatic heterocycles. The van der Waals surface area contributed by atoms with Gasteiger partial charge in [-0.2, -0.15) is 0 Å². The van der Waals surface area contributed by atoms with Crippen LogP contribution >= 0.6 is 18.0 Å². The van der Waals surface area contributed by atoms with Gasteiger partial charge in [0.2, 0.25) is 0 Å². The van der Waals surface area contributed by atoms with Crippen molar-refractivity contribution in [3.05, 3.63) is 30.3 Å². The van der Waals surface area contributed by atoms with Crippen LogP contribution in [-0.2, 0) is 9.09 Å². The Labute approximate surface area is 94.6 Å². The molecule has 1 aromatic carbocycles.